The second-order valence-electron chi connectivity index (χ2n) is 9.52. The van der Waals surface area contributed by atoms with E-state index in [2.05, 4.69) is 10.6 Å². The molecule has 41 heavy (non-hydrogen) atoms. The van der Waals surface area contributed by atoms with E-state index in [1.54, 1.807) is 12.1 Å². The van der Waals surface area contributed by atoms with Gasteiger partial charge in [0.25, 0.3) is 5.91 Å². The van der Waals surface area contributed by atoms with Gasteiger partial charge in [-0.15, -0.1) is 11.8 Å². The lowest BCUT2D eigenvalue weighted by molar-refractivity contribution is -0.137. The number of amides is 5. The van der Waals surface area contributed by atoms with Gasteiger partial charge in [0.2, 0.25) is 0 Å². The molecule has 3 aromatic rings. The van der Waals surface area contributed by atoms with Crippen molar-refractivity contribution in [2.24, 2.45) is 0 Å². The van der Waals surface area contributed by atoms with Gasteiger partial charge in [-0.3, -0.25) is 4.79 Å². The summed E-state index contributed by atoms with van der Waals surface area (Å²) in [6.45, 7) is 2.56. The lowest BCUT2D eigenvalue weighted by Gasteiger charge is -2.28. The summed E-state index contributed by atoms with van der Waals surface area (Å²) in [5.74, 6) is -1.47. The van der Waals surface area contributed by atoms with Crippen LogP contribution >= 0.6 is 11.8 Å². The fraction of sp³-hybridized carbons (Fsp3) is 0.214. The average molecular weight is 586 g/mol. The number of hydrogen-bond acceptors (Lipinski definition) is 5. The van der Waals surface area contributed by atoms with Crippen LogP contribution in [0.15, 0.2) is 65.6 Å². The third-order valence-electron chi connectivity index (χ3n) is 6.51. The molecule has 2 N–H and O–H groups in total. The Hall–Kier alpha value is -4.57. The molecule has 1 fully saturated rings. The third-order valence-corrected chi connectivity index (χ3v) is 7.25. The number of carbonyl (C=O) groups excluding carboxylic acids is 3. The summed E-state index contributed by atoms with van der Waals surface area (Å²) in [6.07, 6.45) is -2.99. The number of imide groups is 1. The van der Waals surface area contributed by atoms with E-state index in [9.17, 15) is 31.9 Å². The molecule has 3 aromatic carbocycles. The molecule has 0 aromatic heterocycles. The van der Waals surface area contributed by atoms with E-state index in [1.807, 2.05) is 18.4 Å². The van der Waals surface area contributed by atoms with Crippen LogP contribution < -0.4 is 15.5 Å². The van der Waals surface area contributed by atoms with Gasteiger partial charge in [0.1, 0.15) is 11.4 Å². The topological polar surface area (TPSA) is 106 Å². The van der Waals surface area contributed by atoms with Crippen molar-refractivity contribution in [2.45, 2.75) is 37.0 Å². The summed E-state index contributed by atoms with van der Waals surface area (Å²) in [5.41, 5.74) is -3.04. The lowest BCUT2D eigenvalue weighted by Crippen LogP contribution is -2.43. The molecule has 0 bridgehead atoms. The van der Waals surface area contributed by atoms with Gasteiger partial charge < -0.3 is 15.5 Å². The number of benzene rings is 3. The number of thioether (sulfide) groups is 1. The number of alkyl halides is 3. The van der Waals surface area contributed by atoms with Crippen LogP contribution in [0.1, 0.15) is 30.5 Å². The lowest BCUT2D eigenvalue weighted by atomic mass is 10.0. The van der Waals surface area contributed by atoms with Crippen molar-refractivity contribution in [3.8, 4) is 6.07 Å². The standard InChI is InChI=1S/C28H23F4N5O3S/c1-27(2)24(38)37(20-9-5-16(14-33)22(13-20)28(30,31)32)26(40)36(27)15-17-4-6-18(29)12-23(17)35-25(39)34-19-7-10-21(41-3)11-8-19/h4-13H,15H2,1-3H3,(H2,34,35,39). The van der Waals surface area contributed by atoms with Gasteiger partial charge in [-0.1, -0.05) is 6.07 Å². The van der Waals surface area contributed by atoms with Gasteiger partial charge in [-0.2, -0.15) is 18.4 Å². The molecule has 0 spiro atoms. The normalized spacial score (nSPS) is 14.7. The van der Waals surface area contributed by atoms with Crippen molar-refractivity contribution in [3.63, 3.8) is 0 Å². The highest BCUT2D eigenvalue weighted by atomic mass is 32.2. The number of hydrogen-bond donors (Lipinski definition) is 2. The summed E-state index contributed by atoms with van der Waals surface area (Å²) >= 11 is 1.53. The molecule has 0 radical (unpaired) electrons. The van der Waals surface area contributed by atoms with Crippen LogP contribution in [0, 0.1) is 17.1 Å². The number of anilines is 3. The van der Waals surface area contributed by atoms with Crippen molar-refractivity contribution in [1.82, 2.24) is 4.90 Å². The smallest absolute Gasteiger partial charge is 0.308 e. The highest BCUT2D eigenvalue weighted by Gasteiger charge is 2.52. The first-order valence-corrected chi connectivity index (χ1v) is 13.3. The van der Waals surface area contributed by atoms with Crippen LogP contribution in [0.3, 0.4) is 0 Å². The van der Waals surface area contributed by atoms with E-state index < -0.39 is 46.6 Å². The van der Waals surface area contributed by atoms with E-state index in [-0.39, 0.29) is 23.5 Å². The van der Waals surface area contributed by atoms with E-state index >= 15 is 0 Å². The van der Waals surface area contributed by atoms with E-state index in [1.165, 1.54) is 37.7 Å². The molecule has 8 nitrogen and oxygen atoms in total. The highest BCUT2D eigenvalue weighted by molar-refractivity contribution is 7.98. The number of carbonyl (C=O) groups is 3. The number of nitrogens with zero attached hydrogens (tertiary/aromatic N) is 3. The van der Waals surface area contributed by atoms with Gasteiger partial charge in [-0.25, -0.2) is 18.9 Å². The Morgan fingerprint density at radius 2 is 1.71 bits per heavy atom. The molecule has 5 amide bonds. The molecule has 212 valence electrons. The fourth-order valence-electron chi connectivity index (χ4n) is 4.26. The Morgan fingerprint density at radius 3 is 2.32 bits per heavy atom. The van der Waals surface area contributed by atoms with E-state index in [4.69, 9.17) is 5.26 Å². The minimum absolute atomic E-state index is 0.0236. The van der Waals surface area contributed by atoms with Crippen LogP contribution in [0.4, 0.5) is 44.2 Å². The molecule has 0 unspecified atom stereocenters. The Kier molecular flexibility index (Phi) is 7.98. The highest BCUT2D eigenvalue weighted by Crippen LogP contribution is 2.38. The van der Waals surface area contributed by atoms with Crippen LogP contribution in [0.25, 0.3) is 0 Å². The Balaban J connectivity index is 1.61. The fourth-order valence-corrected chi connectivity index (χ4v) is 4.67. The molecule has 0 atom stereocenters. The second-order valence-corrected chi connectivity index (χ2v) is 10.4. The van der Waals surface area contributed by atoms with Gasteiger partial charge in [0, 0.05) is 10.6 Å². The van der Waals surface area contributed by atoms with Crippen molar-refractivity contribution in [1.29, 1.82) is 5.26 Å². The van der Waals surface area contributed by atoms with Gasteiger partial charge >= 0.3 is 18.2 Å². The quantitative estimate of drug-likeness (QED) is 0.187. The first-order chi connectivity index (χ1) is 19.3. The zero-order chi connectivity index (χ0) is 30.1. The molecule has 0 aliphatic carbocycles. The molecule has 4 rings (SSSR count). The van der Waals surface area contributed by atoms with Crippen LogP contribution in [-0.2, 0) is 17.5 Å². The predicted octanol–water partition coefficient (Wildman–Crippen LogP) is 6.83. The summed E-state index contributed by atoms with van der Waals surface area (Å²) in [7, 11) is 0. The van der Waals surface area contributed by atoms with Gasteiger partial charge in [0.05, 0.1) is 35.1 Å². The number of nitrogens with one attached hydrogen (secondary N) is 2. The summed E-state index contributed by atoms with van der Waals surface area (Å²) in [6, 6.07) is 12.9. The maximum absolute atomic E-state index is 14.2. The summed E-state index contributed by atoms with van der Waals surface area (Å²) in [5, 5.41) is 14.3. The number of nitriles is 1. The average Bonchev–Trinajstić information content (AvgIpc) is 3.08. The van der Waals surface area contributed by atoms with Crippen molar-refractivity contribution in [3.05, 3.63) is 83.2 Å². The first kappa shape index (κ1) is 29.4. The zero-order valence-electron chi connectivity index (χ0n) is 22.0. The molecule has 13 heteroatoms. The molecular weight excluding hydrogens is 562 g/mol. The summed E-state index contributed by atoms with van der Waals surface area (Å²) < 4.78 is 54.8. The number of halogens is 4. The maximum Gasteiger partial charge on any atom is 0.417 e. The number of urea groups is 2. The van der Waals surface area contributed by atoms with Gasteiger partial charge in [0.15, 0.2) is 0 Å². The van der Waals surface area contributed by atoms with E-state index in [0.717, 1.165) is 34.1 Å². The first-order valence-electron chi connectivity index (χ1n) is 12.0. The van der Waals surface area contributed by atoms with Crippen LogP contribution in [-0.4, -0.2) is 34.7 Å². The van der Waals surface area contributed by atoms with Crippen molar-refractivity contribution < 1.29 is 31.9 Å². The van der Waals surface area contributed by atoms with Crippen molar-refractivity contribution in [2.75, 3.05) is 21.8 Å². The largest absolute Gasteiger partial charge is 0.417 e. The number of rotatable bonds is 6. The van der Waals surface area contributed by atoms with Crippen LogP contribution in [0.2, 0.25) is 0 Å². The SMILES string of the molecule is CSc1ccc(NC(=O)Nc2cc(F)ccc2CN2C(=O)N(c3ccc(C#N)c(C(F)(F)F)c3)C(=O)C2(C)C)cc1. The molecule has 1 aliphatic heterocycles. The van der Waals surface area contributed by atoms with Gasteiger partial charge in [-0.05, 0) is 80.3 Å². The maximum atomic E-state index is 14.2. The zero-order valence-corrected chi connectivity index (χ0v) is 22.8. The molecular formula is C28H23F4N5O3S. The summed E-state index contributed by atoms with van der Waals surface area (Å²) in [4.78, 5) is 42.1. The molecule has 1 heterocycles. The second kappa shape index (κ2) is 11.1. The molecule has 1 aliphatic rings. The van der Waals surface area contributed by atoms with E-state index in [0.29, 0.717) is 16.7 Å². The van der Waals surface area contributed by atoms with Crippen LogP contribution in [0.5, 0.6) is 0 Å². The van der Waals surface area contributed by atoms with Crippen molar-refractivity contribution >= 4 is 46.8 Å². The Bertz CT molecular complexity index is 1570. The molecule has 0 saturated carbocycles. The Labute approximate surface area is 236 Å². The minimum Gasteiger partial charge on any atom is -0.308 e. The Morgan fingerprint density at radius 1 is 1.02 bits per heavy atom. The predicted molar refractivity (Wildman–Crippen MR) is 146 cm³/mol. The third kappa shape index (κ3) is 5.97. The minimum atomic E-state index is -4.89. The monoisotopic (exact) mass is 585 g/mol. The molecule has 1 saturated heterocycles.